The first kappa shape index (κ1) is 23.8. The minimum atomic E-state index is -0.737. The van der Waals surface area contributed by atoms with Crippen molar-refractivity contribution in [3.8, 4) is 0 Å². The third-order valence-electron chi connectivity index (χ3n) is 6.19. The van der Waals surface area contributed by atoms with E-state index >= 15 is 0 Å². The first-order chi connectivity index (χ1) is 13.8. The predicted octanol–water partition coefficient (Wildman–Crippen LogP) is 1.89. The Labute approximate surface area is 174 Å². The van der Waals surface area contributed by atoms with E-state index in [1.165, 1.54) is 0 Å². The summed E-state index contributed by atoms with van der Waals surface area (Å²) in [6.07, 6.45) is 8.02. The lowest BCUT2D eigenvalue weighted by Gasteiger charge is -2.37. The molecule has 1 fully saturated rings. The van der Waals surface area contributed by atoms with E-state index < -0.39 is 12.1 Å². The van der Waals surface area contributed by atoms with Gasteiger partial charge in [0.1, 0.15) is 6.04 Å². The van der Waals surface area contributed by atoms with Crippen molar-refractivity contribution in [2.75, 3.05) is 33.4 Å². The fraction of sp³-hybridized carbons (Fsp3) is 0.818. The van der Waals surface area contributed by atoms with Gasteiger partial charge in [0, 0.05) is 31.5 Å². The number of aliphatic hydroxyl groups is 1. The van der Waals surface area contributed by atoms with Crippen LogP contribution in [-0.4, -0.2) is 73.5 Å². The molecule has 0 aromatic heterocycles. The van der Waals surface area contributed by atoms with Crippen molar-refractivity contribution in [3.63, 3.8) is 0 Å². The van der Waals surface area contributed by atoms with E-state index in [1.54, 1.807) is 12.0 Å². The molecule has 7 nitrogen and oxygen atoms in total. The lowest BCUT2D eigenvalue weighted by Crippen LogP contribution is -2.57. The van der Waals surface area contributed by atoms with E-state index in [-0.39, 0.29) is 35.9 Å². The Kier molecular flexibility index (Phi) is 9.11. The molecule has 0 radical (unpaired) electrons. The molecule has 1 aliphatic carbocycles. The summed E-state index contributed by atoms with van der Waals surface area (Å²) in [6, 6.07) is -0.737. The van der Waals surface area contributed by atoms with E-state index in [4.69, 9.17) is 9.47 Å². The van der Waals surface area contributed by atoms with E-state index in [9.17, 15) is 14.7 Å². The van der Waals surface area contributed by atoms with Crippen LogP contribution in [0.1, 0.15) is 52.9 Å². The summed E-state index contributed by atoms with van der Waals surface area (Å²) in [5.41, 5.74) is -0.310. The average molecular weight is 411 g/mol. The van der Waals surface area contributed by atoms with Crippen LogP contribution in [0.5, 0.6) is 0 Å². The van der Waals surface area contributed by atoms with Crippen molar-refractivity contribution in [2.24, 2.45) is 11.3 Å². The standard InChI is InChI=1S/C22H38N2O5/c1-16(2)20(26)23-19(21(27)24-12-8-18(28-4)9-13-24)17(3)29-15-22(14-25)10-6-5-7-11-22/h5-6,16-19,25H,7-15H2,1-4H3,(H,23,26). The van der Waals surface area contributed by atoms with Crippen molar-refractivity contribution in [2.45, 2.75) is 71.1 Å². The highest BCUT2D eigenvalue weighted by Gasteiger charge is 2.36. The Hall–Kier alpha value is -1.44. The number of carbonyl (C=O) groups excluding carboxylic acids is 2. The Morgan fingerprint density at radius 3 is 2.45 bits per heavy atom. The van der Waals surface area contributed by atoms with Gasteiger partial charge >= 0.3 is 0 Å². The Morgan fingerprint density at radius 2 is 1.93 bits per heavy atom. The highest BCUT2D eigenvalue weighted by atomic mass is 16.5. The fourth-order valence-electron chi connectivity index (χ4n) is 3.88. The second-order valence-corrected chi connectivity index (χ2v) is 8.79. The van der Waals surface area contributed by atoms with Crippen LogP contribution in [0, 0.1) is 11.3 Å². The molecular formula is C22H38N2O5. The minimum absolute atomic E-state index is 0.0472. The smallest absolute Gasteiger partial charge is 0.247 e. The molecule has 7 heteroatoms. The van der Waals surface area contributed by atoms with Gasteiger partial charge in [0.15, 0.2) is 0 Å². The van der Waals surface area contributed by atoms with Crippen molar-refractivity contribution in [1.82, 2.24) is 10.2 Å². The maximum atomic E-state index is 13.2. The van der Waals surface area contributed by atoms with Crippen molar-refractivity contribution in [1.29, 1.82) is 0 Å². The van der Waals surface area contributed by atoms with Gasteiger partial charge in [-0.1, -0.05) is 26.0 Å². The second-order valence-electron chi connectivity index (χ2n) is 8.79. The molecule has 3 unspecified atom stereocenters. The van der Waals surface area contributed by atoms with Crippen LogP contribution in [0.2, 0.25) is 0 Å². The van der Waals surface area contributed by atoms with Gasteiger partial charge in [-0.3, -0.25) is 9.59 Å². The van der Waals surface area contributed by atoms with Crippen LogP contribution >= 0.6 is 0 Å². The van der Waals surface area contributed by atoms with Crippen LogP contribution < -0.4 is 5.32 Å². The van der Waals surface area contributed by atoms with Gasteiger partial charge in [-0.2, -0.15) is 0 Å². The van der Waals surface area contributed by atoms with Gasteiger partial charge in [0.05, 0.1) is 25.4 Å². The number of ether oxygens (including phenoxy) is 2. The first-order valence-corrected chi connectivity index (χ1v) is 10.8. The normalized spacial score (nSPS) is 25.1. The third-order valence-corrected chi connectivity index (χ3v) is 6.19. The summed E-state index contributed by atoms with van der Waals surface area (Å²) in [4.78, 5) is 27.4. The number of rotatable bonds is 9. The number of amides is 2. The minimum Gasteiger partial charge on any atom is -0.396 e. The zero-order valence-electron chi connectivity index (χ0n) is 18.4. The number of hydrogen-bond donors (Lipinski definition) is 2. The highest BCUT2D eigenvalue weighted by Crippen LogP contribution is 2.33. The lowest BCUT2D eigenvalue weighted by atomic mass is 9.78. The number of likely N-dealkylation sites (tertiary alicyclic amines) is 1. The lowest BCUT2D eigenvalue weighted by molar-refractivity contribution is -0.144. The molecule has 1 aliphatic heterocycles. The quantitative estimate of drug-likeness (QED) is 0.567. The zero-order valence-corrected chi connectivity index (χ0v) is 18.4. The number of piperidine rings is 1. The molecule has 1 heterocycles. The summed E-state index contributed by atoms with van der Waals surface area (Å²) in [7, 11) is 1.70. The average Bonchev–Trinajstić information content (AvgIpc) is 2.75. The molecule has 2 N–H and O–H groups in total. The summed E-state index contributed by atoms with van der Waals surface area (Å²) >= 11 is 0. The molecule has 0 aromatic rings. The molecule has 2 aliphatic rings. The summed E-state index contributed by atoms with van der Waals surface area (Å²) in [5.74, 6) is -0.491. The monoisotopic (exact) mass is 410 g/mol. The van der Waals surface area contributed by atoms with Gasteiger partial charge < -0.3 is 24.8 Å². The number of nitrogens with zero attached hydrogens (tertiary/aromatic N) is 1. The summed E-state index contributed by atoms with van der Waals surface area (Å²) in [5, 5.41) is 12.8. The van der Waals surface area contributed by atoms with Crippen LogP contribution in [0.15, 0.2) is 12.2 Å². The zero-order chi connectivity index (χ0) is 21.4. The van der Waals surface area contributed by atoms with E-state index in [2.05, 4.69) is 17.5 Å². The maximum absolute atomic E-state index is 13.2. The van der Waals surface area contributed by atoms with E-state index in [0.717, 1.165) is 32.1 Å². The van der Waals surface area contributed by atoms with E-state index in [0.29, 0.717) is 19.7 Å². The van der Waals surface area contributed by atoms with Crippen LogP contribution in [0.25, 0.3) is 0 Å². The SMILES string of the molecule is COC1CCN(C(=O)C(NC(=O)C(C)C)C(C)OCC2(CO)CC=CCC2)CC1. The van der Waals surface area contributed by atoms with Crippen molar-refractivity contribution in [3.05, 3.63) is 12.2 Å². The number of methoxy groups -OCH3 is 1. The fourth-order valence-corrected chi connectivity index (χ4v) is 3.88. The predicted molar refractivity (Wildman–Crippen MR) is 111 cm³/mol. The van der Waals surface area contributed by atoms with Crippen LogP contribution in [0.3, 0.4) is 0 Å². The van der Waals surface area contributed by atoms with Crippen molar-refractivity contribution < 1.29 is 24.2 Å². The van der Waals surface area contributed by atoms with Gasteiger partial charge in [0.25, 0.3) is 0 Å². The first-order valence-electron chi connectivity index (χ1n) is 10.8. The highest BCUT2D eigenvalue weighted by molar-refractivity contribution is 5.88. The topological polar surface area (TPSA) is 88.1 Å². The largest absolute Gasteiger partial charge is 0.396 e. The summed E-state index contributed by atoms with van der Waals surface area (Å²) in [6.45, 7) is 7.08. The Balaban J connectivity index is 2.04. The molecule has 0 saturated carbocycles. The molecule has 2 amide bonds. The van der Waals surface area contributed by atoms with Gasteiger partial charge in [0.2, 0.25) is 11.8 Å². The number of hydrogen-bond acceptors (Lipinski definition) is 5. The molecule has 166 valence electrons. The molecule has 0 spiro atoms. The van der Waals surface area contributed by atoms with Crippen molar-refractivity contribution >= 4 is 11.8 Å². The van der Waals surface area contributed by atoms with Gasteiger partial charge in [-0.05, 0) is 39.0 Å². The molecule has 3 atom stereocenters. The van der Waals surface area contributed by atoms with Gasteiger partial charge in [-0.15, -0.1) is 0 Å². The van der Waals surface area contributed by atoms with E-state index in [1.807, 2.05) is 20.8 Å². The molecule has 0 aromatic carbocycles. The number of nitrogens with one attached hydrogen (secondary N) is 1. The molecular weight excluding hydrogens is 372 g/mol. The molecule has 29 heavy (non-hydrogen) atoms. The number of allylic oxidation sites excluding steroid dienone is 2. The Bertz CT molecular complexity index is 572. The number of aliphatic hydroxyl groups excluding tert-OH is 1. The molecule has 1 saturated heterocycles. The maximum Gasteiger partial charge on any atom is 0.247 e. The Morgan fingerprint density at radius 1 is 1.24 bits per heavy atom. The molecule has 0 bridgehead atoms. The van der Waals surface area contributed by atoms with Crippen LogP contribution in [0.4, 0.5) is 0 Å². The summed E-state index contributed by atoms with van der Waals surface area (Å²) < 4.78 is 11.5. The third kappa shape index (κ3) is 6.52. The molecule has 2 rings (SSSR count). The van der Waals surface area contributed by atoms with Crippen LogP contribution in [-0.2, 0) is 19.1 Å². The van der Waals surface area contributed by atoms with Gasteiger partial charge in [-0.25, -0.2) is 0 Å². The number of carbonyl (C=O) groups is 2. The second kappa shape index (κ2) is 11.1.